The largest absolute Gasteiger partial charge is 0.328 e. The molecule has 15 heavy (non-hydrogen) atoms. The van der Waals surface area contributed by atoms with Crippen LogP contribution in [0.2, 0.25) is 0 Å². The fourth-order valence-electron chi connectivity index (χ4n) is 2.94. The highest BCUT2D eigenvalue weighted by Gasteiger charge is 2.27. The van der Waals surface area contributed by atoms with Crippen molar-refractivity contribution in [1.29, 1.82) is 0 Å². The van der Waals surface area contributed by atoms with Gasteiger partial charge in [-0.15, -0.1) is 0 Å². The van der Waals surface area contributed by atoms with Crippen LogP contribution in [0.15, 0.2) is 0 Å². The van der Waals surface area contributed by atoms with Crippen LogP contribution in [-0.4, -0.2) is 42.7 Å². The molecular formula is C12H25N3. The first-order chi connectivity index (χ1) is 7.15. The Balaban J connectivity index is 1.75. The summed E-state index contributed by atoms with van der Waals surface area (Å²) in [5.74, 6) is 0. The number of rotatable bonds is 2. The average Bonchev–Trinajstić information content (AvgIpc) is 2.58. The molecule has 1 saturated carbocycles. The van der Waals surface area contributed by atoms with Crippen molar-refractivity contribution in [2.45, 2.75) is 63.2 Å². The fraction of sp³-hybridized carbons (Fsp3) is 1.00. The second-order valence-electron chi connectivity index (χ2n) is 5.49. The molecule has 88 valence electrons. The monoisotopic (exact) mass is 211 g/mol. The predicted molar refractivity (Wildman–Crippen MR) is 63.9 cm³/mol. The highest BCUT2D eigenvalue weighted by Crippen LogP contribution is 2.21. The molecule has 3 nitrogen and oxygen atoms in total. The Kier molecular flexibility index (Phi) is 3.65. The van der Waals surface area contributed by atoms with Gasteiger partial charge in [0.25, 0.3) is 0 Å². The van der Waals surface area contributed by atoms with E-state index in [0.29, 0.717) is 12.1 Å². The Morgan fingerprint density at radius 3 is 2.47 bits per heavy atom. The lowest BCUT2D eigenvalue weighted by Gasteiger charge is -2.36. The van der Waals surface area contributed by atoms with Crippen molar-refractivity contribution in [1.82, 2.24) is 10.2 Å². The molecule has 0 aromatic rings. The third kappa shape index (κ3) is 2.92. The zero-order chi connectivity index (χ0) is 10.8. The summed E-state index contributed by atoms with van der Waals surface area (Å²) >= 11 is 0. The maximum atomic E-state index is 5.93. The summed E-state index contributed by atoms with van der Waals surface area (Å²) in [7, 11) is 2.23. The smallest absolute Gasteiger partial charge is 0.00966 e. The van der Waals surface area contributed by atoms with Gasteiger partial charge in [0.15, 0.2) is 0 Å². The van der Waals surface area contributed by atoms with E-state index in [1.165, 1.54) is 38.6 Å². The standard InChI is InChI=1S/C12H25N3/c1-9-7-12(5-6-15(9)2)14-11-4-3-10(13)8-11/h9-12,14H,3-8,13H2,1-2H3. The molecule has 0 bridgehead atoms. The van der Waals surface area contributed by atoms with Gasteiger partial charge in [0, 0.05) is 24.2 Å². The summed E-state index contributed by atoms with van der Waals surface area (Å²) in [6, 6.07) is 2.60. The number of hydrogen-bond donors (Lipinski definition) is 2. The van der Waals surface area contributed by atoms with Crippen LogP contribution in [0, 0.1) is 0 Å². The quantitative estimate of drug-likeness (QED) is 0.714. The number of nitrogens with one attached hydrogen (secondary N) is 1. The van der Waals surface area contributed by atoms with E-state index in [1.807, 2.05) is 0 Å². The van der Waals surface area contributed by atoms with Crippen molar-refractivity contribution in [3.05, 3.63) is 0 Å². The first-order valence-corrected chi connectivity index (χ1v) is 6.37. The maximum absolute atomic E-state index is 5.93. The van der Waals surface area contributed by atoms with Gasteiger partial charge in [0.2, 0.25) is 0 Å². The summed E-state index contributed by atoms with van der Waals surface area (Å²) in [5, 5.41) is 3.79. The van der Waals surface area contributed by atoms with Crippen LogP contribution in [0.4, 0.5) is 0 Å². The Morgan fingerprint density at radius 1 is 1.13 bits per heavy atom. The number of hydrogen-bond acceptors (Lipinski definition) is 3. The van der Waals surface area contributed by atoms with Gasteiger partial charge in [-0.2, -0.15) is 0 Å². The minimum Gasteiger partial charge on any atom is -0.328 e. The molecule has 1 heterocycles. The number of likely N-dealkylation sites (tertiary alicyclic amines) is 1. The van der Waals surface area contributed by atoms with E-state index in [1.54, 1.807) is 0 Å². The summed E-state index contributed by atoms with van der Waals surface area (Å²) in [4.78, 5) is 2.46. The Labute approximate surface area is 93.4 Å². The fourth-order valence-corrected chi connectivity index (χ4v) is 2.94. The highest BCUT2D eigenvalue weighted by molar-refractivity contribution is 4.88. The van der Waals surface area contributed by atoms with Gasteiger partial charge >= 0.3 is 0 Å². The lowest BCUT2D eigenvalue weighted by molar-refractivity contribution is 0.162. The molecule has 2 fully saturated rings. The Morgan fingerprint density at radius 2 is 1.87 bits per heavy atom. The van der Waals surface area contributed by atoms with Crippen molar-refractivity contribution in [2.24, 2.45) is 5.73 Å². The Bertz CT molecular complexity index is 207. The second kappa shape index (κ2) is 4.81. The number of piperidine rings is 1. The van der Waals surface area contributed by atoms with Gasteiger partial charge < -0.3 is 16.0 Å². The van der Waals surface area contributed by atoms with Gasteiger partial charge in [-0.05, 0) is 52.6 Å². The lowest BCUT2D eigenvalue weighted by Crippen LogP contribution is -2.48. The van der Waals surface area contributed by atoms with Crippen LogP contribution in [0.5, 0.6) is 0 Å². The molecular weight excluding hydrogens is 186 g/mol. The van der Waals surface area contributed by atoms with Gasteiger partial charge in [-0.3, -0.25) is 0 Å². The van der Waals surface area contributed by atoms with Crippen LogP contribution in [0.1, 0.15) is 39.0 Å². The molecule has 1 aliphatic heterocycles. The molecule has 3 N–H and O–H groups in total. The van der Waals surface area contributed by atoms with Crippen LogP contribution in [0.3, 0.4) is 0 Å². The number of nitrogens with two attached hydrogens (primary N) is 1. The van der Waals surface area contributed by atoms with E-state index in [-0.39, 0.29) is 0 Å². The molecule has 4 atom stereocenters. The zero-order valence-corrected chi connectivity index (χ0v) is 10.1. The van der Waals surface area contributed by atoms with Crippen molar-refractivity contribution in [3.8, 4) is 0 Å². The molecule has 2 rings (SSSR count). The van der Waals surface area contributed by atoms with Gasteiger partial charge in [0.1, 0.15) is 0 Å². The van der Waals surface area contributed by atoms with Crippen molar-refractivity contribution >= 4 is 0 Å². The van der Waals surface area contributed by atoms with Crippen LogP contribution >= 0.6 is 0 Å². The van der Waals surface area contributed by atoms with E-state index in [0.717, 1.165) is 12.1 Å². The van der Waals surface area contributed by atoms with E-state index in [9.17, 15) is 0 Å². The van der Waals surface area contributed by atoms with Crippen molar-refractivity contribution in [3.63, 3.8) is 0 Å². The van der Waals surface area contributed by atoms with E-state index in [4.69, 9.17) is 5.73 Å². The molecule has 3 heteroatoms. The third-order valence-corrected chi connectivity index (χ3v) is 4.15. The first kappa shape index (κ1) is 11.4. The van der Waals surface area contributed by atoms with Gasteiger partial charge in [0.05, 0.1) is 0 Å². The van der Waals surface area contributed by atoms with Crippen LogP contribution in [0.25, 0.3) is 0 Å². The average molecular weight is 211 g/mol. The summed E-state index contributed by atoms with van der Waals surface area (Å²) in [5.41, 5.74) is 5.93. The van der Waals surface area contributed by atoms with Crippen molar-refractivity contribution < 1.29 is 0 Å². The predicted octanol–water partition coefficient (Wildman–Crippen LogP) is 0.939. The second-order valence-corrected chi connectivity index (χ2v) is 5.49. The molecule has 0 aromatic heterocycles. The van der Waals surface area contributed by atoms with Gasteiger partial charge in [-0.1, -0.05) is 0 Å². The molecule has 0 spiro atoms. The molecule has 0 amide bonds. The molecule has 1 aliphatic carbocycles. The molecule has 2 aliphatic rings. The highest BCUT2D eigenvalue weighted by atomic mass is 15.1. The van der Waals surface area contributed by atoms with Gasteiger partial charge in [-0.25, -0.2) is 0 Å². The first-order valence-electron chi connectivity index (χ1n) is 6.37. The lowest BCUT2D eigenvalue weighted by atomic mass is 9.98. The zero-order valence-electron chi connectivity index (χ0n) is 10.1. The van der Waals surface area contributed by atoms with Crippen LogP contribution < -0.4 is 11.1 Å². The summed E-state index contributed by atoms with van der Waals surface area (Å²) in [6.07, 6.45) is 6.26. The Hall–Kier alpha value is -0.120. The van der Waals surface area contributed by atoms with Crippen LogP contribution in [-0.2, 0) is 0 Å². The molecule has 0 radical (unpaired) electrons. The molecule has 0 aromatic carbocycles. The normalized spacial score (nSPS) is 43.4. The van der Waals surface area contributed by atoms with E-state index < -0.39 is 0 Å². The third-order valence-electron chi connectivity index (χ3n) is 4.15. The SMILES string of the molecule is CC1CC(NC2CCC(N)C2)CCN1C. The minimum atomic E-state index is 0.450. The van der Waals surface area contributed by atoms with E-state index in [2.05, 4.69) is 24.2 Å². The summed E-state index contributed by atoms with van der Waals surface area (Å²) < 4.78 is 0. The topological polar surface area (TPSA) is 41.3 Å². The van der Waals surface area contributed by atoms with Crippen molar-refractivity contribution in [2.75, 3.05) is 13.6 Å². The molecule has 1 saturated heterocycles. The summed E-state index contributed by atoms with van der Waals surface area (Å²) in [6.45, 7) is 3.56. The number of nitrogens with zero attached hydrogens (tertiary/aromatic N) is 1. The molecule has 4 unspecified atom stereocenters. The maximum Gasteiger partial charge on any atom is 0.00966 e. The van der Waals surface area contributed by atoms with E-state index >= 15 is 0 Å². The minimum absolute atomic E-state index is 0.450.